The minimum absolute atomic E-state index is 0.0814. The van der Waals surface area contributed by atoms with Gasteiger partial charge in [0.05, 0.1) is 5.56 Å². The minimum atomic E-state index is -4.26. The predicted octanol–water partition coefficient (Wildman–Crippen LogP) is 5.18. The molecule has 1 N–H and O–H groups in total. The summed E-state index contributed by atoms with van der Waals surface area (Å²) in [7, 11) is 0. The zero-order chi connectivity index (χ0) is 15.6. The third-order valence-electron chi connectivity index (χ3n) is 4.82. The van der Waals surface area contributed by atoms with Crippen LogP contribution in [0.25, 0.3) is 0 Å². The molecule has 1 aromatic rings. The fourth-order valence-electron chi connectivity index (χ4n) is 3.11. The van der Waals surface area contributed by atoms with Gasteiger partial charge >= 0.3 is 6.18 Å². The van der Waals surface area contributed by atoms with E-state index in [4.69, 9.17) is 0 Å². The Morgan fingerprint density at radius 2 is 1.67 bits per heavy atom. The molecule has 118 valence electrons. The van der Waals surface area contributed by atoms with E-state index in [2.05, 4.69) is 19.2 Å². The molecule has 4 atom stereocenters. The standard InChI is InChI=1S/C17H24F3N/c1-11-4-9-16(10-12(11)2)21-13(3)14-5-7-15(8-6-14)17(18,19)20/h5-8,11-13,16,21H,4,9-10H2,1-3H3. The molecule has 0 radical (unpaired) electrons. The predicted molar refractivity (Wildman–Crippen MR) is 79.0 cm³/mol. The quantitative estimate of drug-likeness (QED) is 0.811. The summed E-state index contributed by atoms with van der Waals surface area (Å²) < 4.78 is 37.7. The van der Waals surface area contributed by atoms with Gasteiger partial charge in [-0.1, -0.05) is 26.0 Å². The van der Waals surface area contributed by atoms with Crippen LogP contribution >= 0.6 is 0 Å². The highest BCUT2D eigenvalue weighted by Gasteiger charge is 2.30. The van der Waals surface area contributed by atoms with Gasteiger partial charge in [-0.05, 0) is 55.7 Å². The summed E-state index contributed by atoms with van der Waals surface area (Å²) in [5.41, 5.74) is 0.327. The van der Waals surface area contributed by atoms with E-state index in [1.165, 1.54) is 18.6 Å². The van der Waals surface area contributed by atoms with Crippen molar-refractivity contribution in [3.05, 3.63) is 35.4 Å². The number of nitrogens with one attached hydrogen (secondary N) is 1. The lowest BCUT2D eigenvalue weighted by Crippen LogP contribution is -2.37. The van der Waals surface area contributed by atoms with Crippen molar-refractivity contribution >= 4 is 0 Å². The van der Waals surface area contributed by atoms with Crippen LogP contribution in [-0.4, -0.2) is 6.04 Å². The van der Waals surface area contributed by atoms with Crippen molar-refractivity contribution in [1.82, 2.24) is 5.32 Å². The molecule has 0 aliphatic heterocycles. The average Bonchev–Trinajstić information content (AvgIpc) is 2.42. The molecular weight excluding hydrogens is 275 g/mol. The van der Waals surface area contributed by atoms with Crippen LogP contribution in [0, 0.1) is 11.8 Å². The summed E-state index contributed by atoms with van der Waals surface area (Å²) in [6.45, 7) is 6.59. The number of halogens is 3. The van der Waals surface area contributed by atoms with E-state index in [0.29, 0.717) is 12.0 Å². The lowest BCUT2D eigenvalue weighted by molar-refractivity contribution is -0.137. The highest BCUT2D eigenvalue weighted by atomic mass is 19.4. The van der Waals surface area contributed by atoms with Crippen molar-refractivity contribution in [3.63, 3.8) is 0 Å². The van der Waals surface area contributed by atoms with Gasteiger partial charge in [0.2, 0.25) is 0 Å². The molecule has 1 aromatic carbocycles. The normalized spacial score (nSPS) is 28.4. The molecule has 4 heteroatoms. The van der Waals surface area contributed by atoms with Crippen LogP contribution in [0.3, 0.4) is 0 Å². The van der Waals surface area contributed by atoms with Crippen molar-refractivity contribution in [3.8, 4) is 0 Å². The first kappa shape index (κ1) is 16.3. The molecule has 0 aromatic heterocycles. The second kappa shape index (κ2) is 6.39. The Balaban J connectivity index is 1.96. The molecule has 0 amide bonds. The summed E-state index contributed by atoms with van der Waals surface area (Å²) in [5, 5.41) is 3.56. The first-order chi connectivity index (χ1) is 9.77. The average molecular weight is 299 g/mol. The number of rotatable bonds is 3. The second-order valence-electron chi connectivity index (χ2n) is 6.47. The first-order valence-corrected chi connectivity index (χ1v) is 7.70. The van der Waals surface area contributed by atoms with Gasteiger partial charge in [-0.2, -0.15) is 13.2 Å². The molecule has 1 aliphatic carbocycles. The number of alkyl halides is 3. The molecule has 21 heavy (non-hydrogen) atoms. The van der Waals surface area contributed by atoms with Crippen molar-refractivity contribution in [1.29, 1.82) is 0 Å². The highest BCUT2D eigenvalue weighted by molar-refractivity contribution is 5.26. The van der Waals surface area contributed by atoms with Gasteiger partial charge in [0.15, 0.2) is 0 Å². The molecule has 0 bridgehead atoms. The van der Waals surface area contributed by atoms with E-state index < -0.39 is 11.7 Å². The van der Waals surface area contributed by atoms with Crippen LogP contribution in [0.4, 0.5) is 13.2 Å². The monoisotopic (exact) mass is 299 g/mol. The Hall–Kier alpha value is -1.03. The minimum Gasteiger partial charge on any atom is -0.307 e. The van der Waals surface area contributed by atoms with E-state index in [9.17, 15) is 13.2 Å². The molecule has 1 saturated carbocycles. The topological polar surface area (TPSA) is 12.0 Å². The van der Waals surface area contributed by atoms with Crippen molar-refractivity contribution in [2.75, 3.05) is 0 Å². The molecule has 2 rings (SSSR count). The largest absolute Gasteiger partial charge is 0.416 e. The summed E-state index contributed by atoms with van der Waals surface area (Å²) in [4.78, 5) is 0. The van der Waals surface area contributed by atoms with E-state index in [-0.39, 0.29) is 6.04 Å². The van der Waals surface area contributed by atoms with Crippen molar-refractivity contribution in [2.24, 2.45) is 11.8 Å². The van der Waals surface area contributed by atoms with Crippen LogP contribution in [0.2, 0.25) is 0 Å². The second-order valence-corrected chi connectivity index (χ2v) is 6.47. The zero-order valence-corrected chi connectivity index (χ0v) is 12.9. The van der Waals surface area contributed by atoms with Gasteiger partial charge < -0.3 is 5.32 Å². The van der Waals surface area contributed by atoms with E-state index in [0.717, 1.165) is 24.3 Å². The van der Waals surface area contributed by atoms with Crippen LogP contribution in [0.1, 0.15) is 57.2 Å². The maximum absolute atomic E-state index is 12.6. The van der Waals surface area contributed by atoms with Crippen molar-refractivity contribution in [2.45, 2.75) is 58.3 Å². The number of benzene rings is 1. The molecule has 1 aliphatic rings. The van der Waals surface area contributed by atoms with E-state index in [1.54, 1.807) is 12.1 Å². The van der Waals surface area contributed by atoms with Crippen molar-refractivity contribution < 1.29 is 13.2 Å². The molecule has 4 unspecified atom stereocenters. The van der Waals surface area contributed by atoms with Crippen LogP contribution in [0.15, 0.2) is 24.3 Å². The smallest absolute Gasteiger partial charge is 0.307 e. The van der Waals surface area contributed by atoms with Gasteiger partial charge in [0, 0.05) is 12.1 Å². The third kappa shape index (κ3) is 4.22. The fourth-order valence-corrected chi connectivity index (χ4v) is 3.11. The van der Waals surface area contributed by atoms with Crippen LogP contribution in [0.5, 0.6) is 0 Å². The third-order valence-corrected chi connectivity index (χ3v) is 4.82. The first-order valence-electron chi connectivity index (χ1n) is 7.70. The molecule has 1 nitrogen and oxygen atoms in total. The summed E-state index contributed by atoms with van der Waals surface area (Å²) in [6.07, 6.45) is -0.745. The van der Waals surface area contributed by atoms with E-state index in [1.807, 2.05) is 6.92 Å². The van der Waals surface area contributed by atoms with Gasteiger partial charge in [-0.3, -0.25) is 0 Å². The Bertz CT molecular complexity index is 452. The fraction of sp³-hybridized carbons (Fsp3) is 0.647. The zero-order valence-electron chi connectivity index (χ0n) is 12.9. The maximum Gasteiger partial charge on any atom is 0.416 e. The van der Waals surface area contributed by atoms with E-state index >= 15 is 0 Å². The molecule has 0 heterocycles. The summed E-state index contributed by atoms with van der Waals surface area (Å²) in [6, 6.07) is 6.04. The summed E-state index contributed by atoms with van der Waals surface area (Å²) in [5.74, 6) is 1.47. The number of hydrogen-bond donors (Lipinski definition) is 1. The molecule has 0 spiro atoms. The van der Waals surface area contributed by atoms with Crippen LogP contribution in [-0.2, 0) is 6.18 Å². The molecular formula is C17H24F3N. The Kier molecular flexibility index (Phi) is 4.97. The van der Waals surface area contributed by atoms with Gasteiger partial charge in [0.25, 0.3) is 0 Å². The SMILES string of the molecule is CC(NC1CCC(C)C(C)C1)c1ccc(C(F)(F)F)cc1. The van der Waals surface area contributed by atoms with Crippen LogP contribution < -0.4 is 5.32 Å². The number of hydrogen-bond acceptors (Lipinski definition) is 1. The Morgan fingerprint density at radius 1 is 1.05 bits per heavy atom. The lowest BCUT2D eigenvalue weighted by atomic mass is 9.79. The molecule has 1 fully saturated rings. The highest BCUT2D eigenvalue weighted by Crippen LogP contribution is 2.32. The maximum atomic E-state index is 12.6. The van der Waals surface area contributed by atoms with Gasteiger partial charge in [-0.15, -0.1) is 0 Å². The lowest BCUT2D eigenvalue weighted by Gasteiger charge is -2.34. The van der Waals surface area contributed by atoms with Gasteiger partial charge in [-0.25, -0.2) is 0 Å². The Morgan fingerprint density at radius 3 is 2.19 bits per heavy atom. The Labute approximate surface area is 124 Å². The molecule has 0 saturated heterocycles. The van der Waals surface area contributed by atoms with Gasteiger partial charge in [0.1, 0.15) is 0 Å². The summed E-state index contributed by atoms with van der Waals surface area (Å²) >= 11 is 0.